The minimum atomic E-state index is -1.23. The average Bonchev–Trinajstić information content (AvgIpc) is 2.30. The van der Waals surface area contributed by atoms with Gasteiger partial charge in [-0.25, -0.2) is 0 Å². The van der Waals surface area contributed by atoms with E-state index < -0.39 is 24.0 Å². The molecule has 0 bridgehead atoms. The number of carbonyl (C=O) groups excluding carboxylic acids is 2. The van der Waals surface area contributed by atoms with Crippen molar-refractivity contribution in [2.75, 3.05) is 25.2 Å². The highest BCUT2D eigenvalue weighted by Gasteiger charge is 2.36. The monoisotopic (exact) mass is 278 g/mol. The fraction of sp³-hybridized carbons (Fsp3) is 0.833. The molecule has 1 unspecified atom stereocenters. The van der Waals surface area contributed by atoms with Crippen molar-refractivity contribution in [2.24, 2.45) is 5.92 Å². The molecule has 1 N–H and O–H groups in total. The smallest absolute Gasteiger partial charge is 0.323 e. The van der Waals surface area contributed by atoms with Crippen LogP contribution in [-0.2, 0) is 19.1 Å². The molecule has 5 nitrogen and oxygen atoms in total. The number of aliphatic hydroxyl groups excluding tert-OH is 1. The van der Waals surface area contributed by atoms with Gasteiger partial charge in [0.2, 0.25) is 0 Å². The summed E-state index contributed by atoms with van der Waals surface area (Å²) < 4.78 is 9.59. The van der Waals surface area contributed by atoms with Gasteiger partial charge in [0, 0.05) is 0 Å². The number of hydrogen-bond donors (Lipinski definition) is 1. The van der Waals surface area contributed by atoms with Gasteiger partial charge in [-0.1, -0.05) is 0 Å². The van der Waals surface area contributed by atoms with Crippen LogP contribution in [-0.4, -0.2) is 48.4 Å². The van der Waals surface area contributed by atoms with Gasteiger partial charge >= 0.3 is 11.9 Å². The van der Waals surface area contributed by atoms with Crippen LogP contribution >= 0.6 is 11.8 Å². The Labute approximate surface area is 112 Å². The van der Waals surface area contributed by atoms with Crippen LogP contribution in [0.15, 0.2) is 0 Å². The Morgan fingerprint density at radius 1 is 1.17 bits per heavy atom. The first-order chi connectivity index (χ1) is 8.58. The van der Waals surface area contributed by atoms with Crippen molar-refractivity contribution in [1.29, 1.82) is 0 Å². The van der Waals surface area contributed by atoms with Crippen LogP contribution in [0.25, 0.3) is 0 Å². The maximum atomic E-state index is 11.6. The van der Waals surface area contributed by atoms with E-state index in [2.05, 4.69) is 0 Å². The predicted octanol–water partition coefficient (Wildman–Crippen LogP) is 1.23. The molecule has 0 rings (SSSR count). The van der Waals surface area contributed by atoms with E-state index in [1.807, 2.05) is 6.26 Å². The summed E-state index contributed by atoms with van der Waals surface area (Å²) in [6.45, 7) is 3.65. The maximum absolute atomic E-state index is 11.6. The Bertz CT molecular complexity index is 239. The van der Waals surface area contributed by atoms with Crippen LogP contribution in [0.4, 0.5) is 0 Å². The lowest BCUT2D eigenvalue weighted by molar-refractivity contribution is -0.167. The number of ether oxygens (including phenoxy) is 2. The summed E-state index contributed by atoms with van der Waals surface area (Å²) in [5.41, 5.74) is 0. The van der Waals surface area contributed by atoms with Gasteiger partial charge in [0.05, 0.1) is 19.3 Å². The van der Waals surface area contributed by atoms with E-state index in [0.29, 0.717) is 6.42 Å². The van der Waals surface area contributed by atoms with Crippen LogP contribution in [0.1, 0.15) is 26.7 Å². The van der Waals surface area contributed by atoms with E-state index in [0.717, 1.165) is 12.2 Å². The Morgan fingerprint density at radius 2 is 1.67 bits per heavy atom. The highest BCUT2D eigenvalue weighted by molar-refractivity contribution is 7.98. The lowest BCUT2D eigenvalue weighted by Crippen LogP contribution is -2.37. The van der Waals surface area contributed by atoms with Crippen molar-refractivity contribution < 1.29 is 24.2 Å². The molecule has 106 valence electrons. The lowest BCUT2D eigenvalue weighted by atomic mass is 9.99. The second-order valence-corrected chi connectivity index (χ2v) is 4.67. The molecule has 0 aliphatic heterocycles. The summed E-state index contributed by atoms with van der Waals surface area (Å²) in [6.07, 6.45) is 2.02. The minimum absolute atomic E-state index is 0.173. The fourth-order valence-corrected chi connectivity index (χ4v) is 1.93. The first-order valence-corrected chi connectivity index (χ1v) is 7.48. The van der Waals surface area contributed by atoms with Crippen LogP contribution < -0.4 is 0 Å². The number of rotatable bonds is 9. The van der Waals surface area contributed by atoms with Crippen LogP contribution in [0.2, 0.25) is 0 Å². The van der Waals surface area contributed by atoms with Crippen molar-refractivity contribution in [1.82, 2.24) is 0 Å². The van der Waals surface area contributed by atoms with Crippen LogP contribution in [0, 0.1) is 5.92 Å². The third kappa shape index (κ3) is 6.26. The molecule has 0 fully saturated rings. The molecule has 0 amide bonds. The molecule has 0 aromatic heterocycles. The first-order valence-electron chi connectivity index (χ1n) is 6.08. The third-order valence-corrected chi connectivity index (χ3v) is 3.01. The summed E-state index contributed by atoms with van der Waals surface area (Å²) in [5, 5.41) is 9.92. The van der Waals surface area contributed by atoms with E-state index in [-0.39, 0.29) is 13.2 Å². The maximum Gasteiger partial charge on any atom is 0.323 e. The molecule has 0 aromatic carbocycles. The summed E-state index contributed by atoms with van der Waals surface area (Å²) in [4.78, 5) is 23.3. The summed E-state index contributed by atoms with van der Waals surface area (Å²) in [7, 11) is 0. The van der Waals surface area contributed by atoms with Crippen molar-refractivity contribution in [2.45, 2.75) is 32.8 Å². The van der Waals surface area contributed by atoms with Gasteiger partial charge in [-0.2, -0.15) is 11.8 Å². The molecule has 0 radical (unpaired) electrons. The molecule has 18 heavy (non-hydrogen) atoms. The molecule has 1 atom stereocenters. The Balaban J connectivity index is 4.53. The first kappa shape index (κ1) is 17.2. The number of aliphatic hydroxyl groups is 1. The molecule has 0 saturated carbocycles. The van der Waals surface area contributed by atoms with E-state index >= 15 is 0 Å². The molecule has 0 aliphatic carbocycles. The van der Waals surface area contributed by atoms with Gasteiger partial charge < -0.3 is 14.6 Å². The SMILES string of the molecule is CCOC(=O)C(C(=O)OCC)C(O)CCCSC. The second kappa shape index (κ2) is 10.2. The van der Waals surface area contributed by atoms with Gasteiger partial charge in [0.1, 0.15) is 0 Å². The highest BCUT2D eigenvalue weighted by Crippen LogP contribution is 2.15. The Hall–Kier alpha value is -0.750. The third-order valence-electron chi connectivity index (χ3n) is 2.31. The highest BCUT2D eigenvalue weighted by atomic mass is 32.2. The average molecular weight is 278 g/mol. The van der Waals surface area contributed by atoms with E-state index in [1.165, 1.54) is 0 Å². The number of carbonyl (C=O) groups is 2. The van der Waals surface area contributed by atoms with E-state index in [9.17, 15) is 14.7 Å². The zero-order valence-corrected chi connectivity index (χ0v) is 12.0. The standard InChI is InChI=1S/C12H22O5S/c1-4-16-11(14)10(12(15)17-5-2)9(13)7-6-8-18-3/h9-10,13H,4-8H2,1-3H3. The predicted molar refractivity (Wildman–Crippen MR) is 70.4 cm³/mol. The van der Waals surface area contributed by atoms with Gasteiger partial charge in [-0.3, -0.25) is 9.59 Å². The van der Waals surface area contributed by atoms with Gasteiger partial charge in [0.15, 0.2) is 5.92 Å². The normalized spacial score (nSPS) is 12.3. The lowest BCUT2D eigenvalue weighted by Gasteiger charge is -2.19. The van der Waals surface area contributed by atoms with Gasteiger partial charge in [-0.15, -0.1) is 0 Å². The van der Waals surface area contributed by atoms with Gasteiger partial charge in [0.25, 0.3) is 0 Å². The van der Waals surface area contributed by atoms with Crippen LogP contribution in [0.3, 0.4) is 0 Å². The summed E-state index contributed by atoms with van der Waals surface area (Å²) >= 11 is 1.65. The minimum Gasteiger partial charge on any atom is -0.465 e. The number of esters is 2. The number of hydrogen-bond acceptors (Lipinski definition) is 6. The zero-order valence-electron chi connectivity index (χ0n) is 11.2. The Morgan fingerprint density at radius 3 is 2.06 bits per heavy atom. The van der Waals surface area contributed by atoms with Gasteiger partial charge in [-0.05, 0) is 38.7 Å². The molecule has 6 heteroatoms. The van der Waals surface area contributed by atoms with Crippen molar-refractivity contribution in [3.8, 4) is 0 Å². The largest absolute Gasteiger partial charge is 0.465 e. The van der Waals surface area contributed by atoms with E-state index in [1.54, 1.807) is 25.6 Å². The van der Waals surface area contributed by atoms with Crippen molar-refractivity contribution in [3.05, 3.63) is 0 Å². The molecular weight excluding hydrogens is 256 g/mol. The molecule has 0 spiro atoms. The topological polar surface area (TPSA) is 72.8 Å². The molecule has 0 aromatic rings. The Kier molecular flexibility index (Phi) is 9.77. The molecule has 0 aliphatic rings. The number of thioether (sulfide) groups is 1. The van der Waals surface area contributed by atoms with Crippen LogP contribution in [0.5, 0.6) is 0 Å². The summed E-state index contributed by atoms with van der Waals surface area (Å²) in [5.74, 6) is -1.79. The summed E-state index contributed by atoms with van der Waals surface area (Å²) in [6, 6.07) is 0. The molecular formula is C12H22O5S. The van der Waals surface area contributed by atoms with Crippen molar-refractivity contribution in [3.63, 3.8) is 0 Å². The van der Waals surface area contributed by atoms with Crippen molar-refractivity contribution >= 4 is 23.7 Å². The molecule has 0 saturated heterocycles. The quantitative estimate of drug-likeness (QED) is 0.388. The zero-order chi connectivity index (χ0) is 14.0. The molecule has 0 heterocycles. The fourth-order valence-electron chi connectivity index (χ4n) is 1.48. The second-order valence-electron chi connectivity index (χ2n) is 3.68. The van der Waals surface area contributed by atoms with E-state index in [4.69, 9.17) is 9.47 Å².